The number of benzene rings is 1. The summed E-state index contributed by atoms with van der Waals surface area (Å²) in [6, 6.07) is 9.33. The molecular formula is C14H21NO2. The van der Waals surface area contributed by atoms with E-state index in [1.165, 1.54) is 0 Å². The second-order valence-electron chi connectivity index (χ2n) is 4.31. The lowest BCUT2D eigenvalue weighted by Gasteiger charge is -2.15. The quantitative estimate of drug-likeness (QED) is 0.771. The SMILES string of the molecule is CCCC(C)OC(=O)CC(N)c1ccccc1. The van der Waals surface area contributed by atoms with E-state index < -0.39 is 0 Å². The fourth-order valence-electron chi connectivity index (χ4n) is 1.74. The van der Waals surface area contributed by atoms with Gasteiger partial charge in [-0.05, 0) is 18.9 Å². The van der Waals surface area contributed by atoms with Gasteiger partial charge in [0.1, 0.15) is 0 Å². The molecule has 0 aliphatic heterocycles. The first-order valence-corrected chi connectivity index (χ1v) is 6.13. The van der Waals surface area contributed by atoms with E-state index >= 15 is 0 Å². The van der Waals surface area contributed by atoms with Crippen molar-refractivity contribution in [3.8, 4) is 0 Å². The molecule has 0 saturated heterocycles. The zero-order valence-corrected chi connectivity index (χ0v) is 10.6. The Balaban J connectivity index is 2.41. The molecule has 2 N–H and O–H groups in total. The van der Waals surface area contributed by atoms with Gasteiger partial charge < -0.3 is 10.5 Å². The maximum Gasteiger partial charge on any atom is 0.307 e. The number of rotatable bonds is 6. The van der Waals surface area contributed by atoms with Crippen molar-refractivity contribution in [2.45, 2.75) is 45.3 Å². The Hall–Kier alpha value is -1.35. The number of hydrogen-bond donors (Lipinski definition) is 1. The van der Waals surface area contributed by atoms with E-state index in [0.29, 0.717) is 0 Å². The van der Waals surface area contributed by atoms with Gasteiger partial charge >= 0.3 is 5.97 Å². The number of esters is 1. The van der Waals surface area contributed by atoms with E-state index in [0.717, 1.165) is 18.4 Å². The lowest BCUT2D eigenvalue weighted by Crippen LogP contribution is -2.20. The molecule has 94 valence electrons. The van der Waals surface area contributed by atoms with Crippen molar-refractivity contribution in [1.82, 2.24) is 0 Å². The van der Waals surface area contributed by atoms with Crippen LogP contribution in [-0.2, 0) is 9.53 Å². The summed E-state index contributed by atoms with van der Waals surface area (Å²) in [4.78, 5) is 11.6. The van der Waals surface area contributed by atoms with Crippen LogP contribution in [0.25, 0.3) is 0 Å². The molecule has 0 spiro atoms. The standard InChI is InChI=1S/C14H21NO2/c1-3-7-11(2)17-14(16)10-13(15)12-8-5-4-6-9-12/h4-6,8-9,11,13H,3,7,10,15H2,1-2H3. The molecule has 0 radical (unpaired) electrons. The molecule has 3 nitrogen and oxygen atoms in total. The molecule has 0 saturated carbocycles. The van der Waals surface area contributed by atoms with Gasteiger partial charge in [0.05, 0.1) is 12.5 Å². The fourth-order valence-corrected chi connectivity index (χ4v) is 1.74. The second-order valence-corrected chi connectivity index (χ2v) is 4.31. The second kappa shape index (κ2) is 7.07. The molecular weight excluding hydrogens is 214 g/mol. The van der Waals surface area contributed by atoms with E-state index in [4.69, 9.17) is 10.5 Å². The number of ether oxygens (including phenoxy) is 1. The van der Waals surface area contributed by atoms with Gasteiger partial charge in [-0.15, -0.1) is 0 Å². The molecule has 2 unspecified atom stereocenters. The van der Waals surface area contributed by atoms with Crippen molar-refractivity contribution in [3.63, 3.8) is 0 Å². The summed E-state index contributed by atoms with van der Waals surface area (Å²) in [5.74, 6) is -0.220. The minimum atomic E-state index is -0.280. The van der Waals surface area contributed by atoms with Crippen LogP contribution in [0, 0.1) is 0 Å². The Bertz CT molecular complexity index is 337. The maximum atomic E-state index is 11.6. The minimum Gasteiger partial charge on any atom is -0.463 e. The summed E-state index contributed by atoms with van der Waals surface area (Å²) in [5.41, 5.74) is 6.91. The van der Waals surface area contributed by atoms with E-state index in [-0.39, 0.29) is 24.5 Å². The van der Waals surface area contributed by atoms with Crippen LogP contribution in [-0.4, -0.2) is 12.1 Å². The summed E-state index contributed by atoms with van der Waals surface area (Å²) >= 11 is 0. The van der Waals surface area contributed by atoms with Crippen LogP contribution < -0.4 is 5.73 Å². The zero-order valence-electron chi connectivity index (χ0n) is 10.6. The Kier molecular flexibility index (Phi) is 5.70. The molecule has 0 aromatic heterocycles. The highest BCUT2D eigenvalue weighted by atomic mass is 16.5. The Morgan fingerprint density at radius 3 is 2.59 bits per heavy atom. The number of nitrogens with two attached hydrogens (primary N) is 1. The van der Waals surface area contributed by atoms with Gasteiger partial charge in [0.25, 0.3) is 0 Å². The Labute approximate surface area is 103 Å². The van der Waals surface area contributed by atoms with Crippen molar-refractivity contribution >= 4 is 5.97 Å². The van der Waals surface area contributed by atoms with Gasteiger partial charge in [0, 0.05) is 6.04 Å². The van der Waals surface area contributed by atoms with Crippen LogP contribution in [0.5, 0.6) is 0 Å². The fraction of sp³-hybridized carbons (Fsp3) is 0.500. The van der Waals surface area contributed by atoms with Gasteiger partial charge in [-0.1, -0.05) is 43.7 Å². The monoisotopic (exact) mass is 235 g/mol. The average Bonchev–Trinajstić information content (AvgIpc) is 2.30. The van der Waals surface area contributed by atoms with Gasteiger partial charge in [-0.3, -0.25) is 4.79 Å². The van der Waals surface area contributed by atoms with Crippen LogP contribution in [0.15, 0.2) is 30.3 Å². The highest BCUT2D eigenvalue weighted by Gasteiger charge is 2.14. The van der Waals surface area contributed by atoms with Gasteiger partial charge in [-0.25, -0.2) is 0 Å². The van der Waals surface area contributed by atoms with Crippen molar-refractivity contribution in [2.24, 2.45) is 5.73 Å². The molecule has 0 heterocycles. The lowest BCUT2D eigenvalue weighted by molar-refractivity contribution is -0.148. The molecule has 17 heavy (non-hydrogen) atoms. The van der Waals surface area contributed by atoms with Gasteiger partial charge in [0.15, 0.2) is 0 Å². The third-order valence-corrected chi connectivity index (χ3v) is 2.64. The van der Waals surface area contributed by atoms with Crippen LogP contribution >= 0.6 is 0 Å². The minimum absolute atomic E-state index is 0.0181. The largest absolute Gasteiger partial charge is 0.463 e. The van der Waals surface area contributed by atoms with Crippen molar-refractivity contribution < 1.29 is 9.53 Å². The molecule has 0 aliphatic rings. The molecule has 2 atom stereocenters. The summed E-state index contributed by atoms with van der Waals surface area (Å²) in [7, 11) is 0. The molecule has 0 fully saturated rings. The lowest BCUT2D eigenvalue weighted by atomic mass is 10.1. The molecule has 3 heteroatoms. The highest BCUT2D eigenvalue weighted by molar-refractivity contribution is 5.70. The zero-order chi connectivity index (χ0) is 12.7. The van der Waals surface area contributed by atoms with E-state index in [1.54, 1.807) is 0 Å². The smallest absolute Gasteiger partial charge is 0.307 e. The third kappa shape index (κ3) is 5.00. The van der Waals surface area contributed by atoms with Crippen LogP contribution in [0.3, 0.4) is 0 Å². The predicted octanol–water partition coefficient (Wildman–Crippen LogP) is 2.81. The molecule has 0 aliphatic carbocycles. The van der Waals surface area contributed by atoms with Crippen LogP contribution in [0.1, 0.15) is 44.7 Å². The Morgan fingerprint density at radius 2 is 2.00 bits per heavy atom. The molecule has 0 bridgehead atoms. The average molecular weight is 235 g/mol. The summed E-state index contributed by atoms with van der Waals surface area (Å²) in [6.07, 6.45) is 2.12. The first kappa shape index (κ1) is 13.7. The van der Waals surface area contributed by atoms with E-state index in [9.17, 15) is 4.79 Å². The first-order valence-electron chi connectivity index (χ1n) is 6.13. The van der Waals surface area contributed by atoms with E-state index in [2.05, 4.69) is 6.92 Å². The van der Waals surface area contributed by atoms with Crippen LogP contribution in [0.2, 0.25) is 0 Å². The normalized spacial score (nSPS) is 14.1. The number of hydrogen-bond acceptors (Lipinski definition) is 3. The van der Waals surface area contributed by atoms with Crippen molar-refractivity contribution in [3.05, 3.63) is 35.9 Å². The van der Waals surface area contributed by atoms with Gasteiger partial charge in [0.2, 0.25) is 0 Å². The summed E-state index contributed by atoms with van der Waals surface area (Å²) < 4.78 is 5.26. The van der Waals surface area contributed by atoms with Crippen LogP contribution in [0.4, 0.5) is 0 Å². The topological polar surface area (TPSA) is 52.3 Å². The number of carbonyl (C=O) groups excluding carboxylic acids is 1. The highest BCUT2D eigenvalue weighted by Crippen LogP contribution is 2.14. The maximum absolute atomic E-state index is 11.6. The first-order chi connectivity index (χ1) is 8.13. The predicted molar refractivity (Wildman–Crippen MR) is 68.4 cm³/mol. The van der Waals surface area contributed by atoms with Crippen molar-refractivity contribution in [1.29, 1.82) is 0 Å². The Morgan fingerprint density at radius 1 is 1.35 bits per heavy atom. The third-order valence-electron chi connectivity index (χ3n) is 2.64. The molecule has 0 amide bonds. The molecule has 1 rings (SSSR count). The van der Waals surface area contributed by atoms with Crippen molar-refractivity contribution in [2.75, 3.05) is 0 Å². The summed E-state index contributed by atoms with van der Waals surface area (Å²) in [5, 5.41) is 0. The molecule has 1 aromatic rings. The number of carbonyl (C=O) groups is 1. The van der Waals surface area contributed by atoms with Gasteiger partial charge in [-0.2, -0.15) is 0 Å². The summed E-state index contributed by atoms with van der Waals surface area (Å²) in [6.45, 7) is 3.98. The van der Waals surface area contributed by atoms with E-state index in [1.807, 2.05) is 37.3 Å². The molecule has 1 aromatic carbocycles.